The number of furan rings is 1. The van der Waals surface area contributed by atoms with Gasteiger partial charge in [0.05, 0.1) is 11.8 Å². The van der Waals surface area contributed by atoms with Crippen LogP contribution in [0.5, 0.6) is 0 Å². The first kappa shape index (κ1) is 14.6. The summed E-state index contributed by atoms with van der Waals surface area (Å²) < 4.78 is 4.84. The van der Waals surface area contributed by atoms with Crippen molar-refractivity contribution >= 4 is 23.4 Å². The van der Waals surface area contributed by atoms with E-state index in [2.05, 4.69) is 10.6 Å². The summed E-state index contributed by atoms with van der Waals surface area (Å²) in [5, 5.41) is 5.19. The predicted molar refractivity (Wildman–Crippen MR) is 68.5 cm³/mol. The van der Waals surface area contributed by atoms with Crippen molar-refractivity contribution in [3.05, 3.63) is 23.1 Å². The zero-order valence-electron chi connectivity index (χ0n) is 10.6. The van der Waals surface area contributed by atoms with Crippen molar-refractivity contribution in [3.63, 3.8) is 0 Å². The molecule has 100 valence electrons. The highest BCUT2D eigenvalue weighted by atomic mass is 35.5. The fraction of sp³-hybridized carbons (Fsp3) is 0.500. The molecule has 1 unspecified atom stereocenters. The Balaban J connectivity index is 2.74. The summed E-state index contributed by atoms with van der Waals surface area (Å²) in [5.74, 6) is -0.355. The van der Waals surface area contributed by atoms with Gasteiger partial charge in [0.15, 0.2) is 0 Å². The lowest BCUT2D eigenvalue weighted by Crippen LogP contribution is -2.46. The van der Waals surface area contributed by atoms with Gasteiger partial charge in [-0.15, -0.1) is 0 Å². The number of amides is 2. The molecule has 1 aromatic heterocycles. The zero-order valence-corrected chi connectivity index (χ0v) is 11.4. The van der Waals surface area contributed by atoms with Crippen molar-refractivity contribution in [2.75, 3.05) is 7.05 Å². The van der Waals surface area contributed by atoms with E-state index in [1.54, 1.807) is 0 Å². The molecular formula is C12H17ClN2O3. The summed E-state index contributed by atoms with van der Waals surface area (Å²) in [6.07, 6.45) is 1.88. The van der Waals surface area contributed by atoms with E-state index in [1.165, 1.54) is 19.4 Å². The maximum Gasteiger partial charge on any atom is 0.256 e. The lowest BCUT2D eigenvalue weighted by atomic mass is 10.0. The minimum absolute atomic E-state index is 0.0210. The summed E-state index contributed by atoms with van der Waals surface area (Å²) in [5.41, 5.74) is 0.231. The minimum Gasteiger partial charge on any atom is -0.452 e. The average molecular weight is 273 g/mol. The van der Waals surface area contributed by atoms with Crippen molar-refractivity contribution in [2.24, 2.45) is 5.92 Å². The van der Waals surface area contributed by atoms with Crippen LogP contribution in [0.2, 0.25) is 5.22 Å². The number of halogens is 1. The molecule has 2 N–H and O–H groups in total. The molecule has 1 rings (SSSR count). The van der Waals surface area contributed by atoms with Gasteiger partial charge >= 0.3 is 0 Å². The molecule has 0 aliphatic carbocycles. The van der Waals surface area contributed by atoms with Crippen LogP contribution in [0.15, 0.2) is 16.7 Å². The van der Waals surface area contributed by atoms with Crippen LogP contribution in [-0.2, 0) is 4.79 Å². The van der Waals surface area contributed by atoms with Crippen molar-refractivity contribution in [1.82, 2.24) is 10.6 Å². The van der Waals surface area contributed by atoms with E-state index in [1.807, 2.05) is 13.8 Å². The molecule has 1 aromatic rings. The molecule has 0 fully saturated rings. The smallest absolute Gasteiger partial charge is 0.256 e. The molecule has 0 saturated heterocycles. The van der Waals surface area contributed by atoms with Gasteiger partial charge in [0.2, 0.25) is 11.1 Å². The standard InChI is InChI=1S/C12H17ClN2O3/c1-7(2)6-9(12(17)14-3)15-11(16)8-4-5-18-10(8)13/h4-5,7,9H,6H2,1-3H3,(H,14,17)(H,15,16). The van der Waals surface area contributed by atoms with Gasteiger partial charge in [-0.05, 0) is 30.0 Å². The van der Waals surface area contributed by atoms with E-state index in [0.717, 1.165) is 0 Å². The number of likely N-dealkylation sites (N-methyl/N-ethyl adjacent to an activating group) is 1. The van der Waals surface area contributed by atoms with Crippen molar-refractivity contribution < 1.29 is 14.0 Å². The molecule has 0 saturated carbocycles. The Bertz CT molecular complexity index is 429. The Hall–Kier alpha value is -1.49. The molecule has 0 radical (unpaired) electrons. The highest BCUT2D eigenvalue weighted by Gasteiger charge is 2.23. The van der Waals surface area contributed by atoms with Gasteiger partial charge in [-0.25, -0.2) is 0 Å². The number of carbonyl (C=O) groups is 2. The second-order valence-electron chi connectivity index (χ2n) is 4.38. The number of hydrogen-bond acceptors (Lipinski definition) is 3. The maximum atomic E-state index is 11.9. The molecule has 0 aliphatic heterocycles. The van der Waals surface area contributed by atoms with Crippen LogP contribution < -0.4 is 10.6 Å². The van der Waals surface area contributed by atoms with Gasteiger partial charge in [-0.3, -0.25) is 9.59 Å². The van der Waals surface area contributed by atoms with Gasteiger partial charge in [-0.2, -0.15) is 0 Å². The monoisotopic (exact) mass is 272 g/mol. The average Bonchev–Trinajstić information content (AvgIpc) is 2.73. The molecule has 2 amide bonds. The topological polar surface area (TPSA) is 71.3 Å². The van der Waals surface area contributed by atoms with Crippen molar-refractivity contribution in [2.45, 2.75) is 26.3 Å². The lowest BCUT2D eigenvalue weighted by Gasteiger charge is -2.18. The predicted octanol–water partition coefficient (Wildman–Crippen LogP) is 1.82. The van der Waals surface area contributed by atoms with E-state index in [9.17, 15) is 9.59 Å². The van der Waals surface area contributed by atoms with Crippen LogP contribution >= 0.6 is 11.6 Å². The highest BCUT2D eigenvalue weighted by molar-refractivity contribution is 6.32. The van der Waals surface area contributed by atoms with Gasteiger partial charge in [0, 0.05) is 7.05 Å². The minimum atomic E-state index is -0.575. The summed E-state index contributed by atoms with van der Waals surface area (Å²) >= 11 is 5.71. The summed E-state index contributed by atoms with van der Waals surface area (Å²) in [6.45, 7) is 3.96. The molecule has 0 aromatic carbocycles. The fourth-order valence-electron chi connectivity index (χ4n) is 1.57. The lowest BCUT2D eigenvalue weighted by molar-refractivity contribution is -0.122. The summed E-state index contributed by atoms with van der Waals surface area (Å²) in [4.78, 5) is 23.6. The third-order valence-corrected chi connectivity index (χ3v) is 2.73. The van der Waals surface area contributed by atoms with Crippen LogP contribution in [0.1, 0.15) is 30.6 Å². The highest BCUT2D eigenvalue weighted by Crippen LogP contribution is 2.17. The number of carbonyl (C=O) groups excluding carboxylic acids is 2. The van der Waals surface area contributed by atoms with Gasteiger partial charge < -0.3 is 15.1 Å². The van der Waals surface area contributed by atoms with Crippen LogP contribution in [0.25, 0.3) is 0 Å². The summed E-state index contributed by atoms with van der Waals surface area (Å²) in [6, 6.07) is 0.891. The molecule has 6 heteroatoms. The van der Waals surface area contributed by atoms with Crippen LogP contribution in [0, 0.1) is 5.92 Å². The Morgan fingerprint density at radius 3 is 2.56 bits per heavy atom. The van der Waals surface area contributed by atoms with Gasteiger partial charge in [0.1, 0.15) is 6.04 Å². The fourth-order valence-corrected chi connectivity index (χ4v) is 1.77. The molecule has 1 heterocycles. The van der Waals surface area contributed by atoms with Gasteiger partial charge in [-0.1, -0.05) is 13.8 Å². The van der Waals surface area contributed by atoms with E-state index >= 15 is 0 Å². The Morgan fingerprint density at radius 2 is 2.11 bits per heavy atom. The van der Waals surface area contributed by atoms with Crippen LogP contribution in [0.4, 0.5) is 0 Å². The van der Waals surface area contributed by atoms with E-state index in [0.29, 0.717) is 6.42 Å². The second kappa shape index (κ2) is 6.44. The number of rotatable bonds is 5. The first-order chi connectivity index (χ1) is 8.45. The maximum absolute atomic E-state index is 11.9. The molecule has 0 bridgehead atoms. The number of hydrogen-bond donors (Lipinski definition) is 2. The summed E-state index contributed by atoms with van der Waals surface area (Å²) in [7, 11) is 1.53. The van der Waals surface area contributed by atoms with Crippen LogP contribution in [-0.4, -0.2) is 24.9 Å². The quantitative estimate of drug-likeness (QED) is 0.859. The Morgan fingerprint density at radius 1 is 1.44 bits per heavy atom. The van der Waals surface area contributed by atoms with Crippen molar-refractivity contribution in [1.29, 1.82) is 0 Å². The normalized spacial score (nSPS) is 12.3. The van der Waals surface area contributed by atoms with E-state index in [4.69, 9.17) is 16.0 Å². The SMILES string of the molecule is CNC(=O)C(CC(C)C)NC(=O)c1ccoc1Cl. The van der Waals surface area contributed by atoms with E-state index in [-0.39, 0.29) is 22.6 Å². The molecular weight excluding hydrogens is 256 g/mol. The molecule has 1 atom stereocenters. The first-order valence-corrected chi connectivity index (χ1v) is 6.09. The molecule has 5 nitrogen and oxygen atoms in total. The Kier molecular flexibility index (Phi) is 5.22. The third kappa shape index (κ3) is 3.77. The second-order valence-corrected chi connectivity index (χ2v) is 4.72. The van der Waals surface area contributed by atoms with E-state index < -0.39 is 11.9 Å². The van der Waals surface area contributed by atoms with Gasteiger partial charge in [0.25, 0.3) is 5.91 Å². The van der Waals surface area contributed by atoms with Crippen molar-refractivity contribution in [3.8, 4) is 0 Å². The molecule has 0 spiro atoms. The molecule has 0 aliphatic rings. The third-order valence-electron chi connectivity index (χ3n) is 2.44. The largest absolute Gasteiger partial charge is 0.452 e. The zero-order chi connectivity index (χ0) is 13.7. The van der Waals surface area contributed by atoms with Crippen LogP contribution in [0.3, 0.4) is 0 Å². The molecule has 18 heavy (non-hydrogen) atoms. The Labute approximate surface area is 111 Å². The first-order valence-electron chi connectivity index (χ1n) is 5.71. The number of nitrogens with one attached hydrogen (secondary N) is 2.